The molecular formula is C20H23N3O2. The second-order valence-corrected chi connectivity index (χ2v) is 5.92. The minimum atomic E-state index is 0.0331. The van der Waals surface area contributed by atoms with Crippen LogP contribution in [0.1, 0.15) is 11.4 Å². The highest BCUT2D eigenvalue weighted by molar-refractivity contribution is 5.78. The van der Waals surface area contributed by atoms with Gasteiger partial charge in [0.25, 0.3) is 0 Å². The Labute approximate surface area is 147 Å². The Balaban J connectivity index is 1.61. The van der Waals surface area contributed by atoms with Gasteiger partial charge in [0.15, 0.2) is 0 Å². The molecule has 0 spiro atoms. The quantitative estimate of drug-likeness (QED) is 0.687. The van der Waals surface area contributed by atoms with Gasteiger partial charge in [-0.3, -0.25) is 4.79 Å². The molecule has 3 aromatic rings. The summed E-state index contributed by atoms with van der Waals surface area (Å²) in [7, 11) is 1.70. The monoisotopic (exact) mass is 337 g/mol. The maximum Gasteiger partial charge on any atom is 0.224 e. The number of carbonyl (C=O) groups is 1. The smallest absolute Gasteiger partial charge is 0.224 e. The standard InChI is InChI=1S/C20H23N3O2/c1-25-14-13-23-18-10-6-5-9-17(18)22-19(23)11-12-21-20(24)15-16-7-3-2-4-8-16/h2-10H,11-15H2,1H3,(H,21,24). The van der Waals surface area contributed by atoms with Gasteiger partial charge < -0.3 is 14.6 Å². The lowest BCUT2D eigenvalue weighted by Crippen LogP contribution is -2.28. The van der Waals surface area contributed by atoms with Gasteiger partial charge in [-0.2, -0.15) is 0 Å². The maximum absolute atomic E-state index is 12.1. The fourth-order valence-corrected chi connectivity index (χ4v) is 2.91. The van der Waals surface area contributed by atoms with Crippen molar-refractivity contribution in [1.29, 1.82) is 0 Å². The van der Waals surface area contributed by atoms with E-state index >= 15 is 0 Å². The van der Waals surface area contributed by atoms with Gasteiger partial charge in [-0.05, 0) is 17.7 Å². The second kappa shape index (κ2) is 8.44. The first kappa shape index (κ1) is 17.2. The van der Waals surface area contributed by atoms with Gasteiger partial charge in [0.05, 0.1) is 24.1 Å². The minimum absolute atomic E-state index is 0.0331. The van der Waals surface area contributed by atoms with Crippen molar-refractivity contribution in [2.75, 3.05) is 20.3 Å². The molecule has 1 amide bonds. The molecule has 5 nitrogen and oxygen atoms in total. The Morgan fingerprint density at radius 1 is 1.12 bits per heavy atom. The number of fused-ring (bicyclic) bond motifs is 1. The lowest BCUT2D eigenvalue weighted by atomic mass is 10.1. The SMILES string of the molecule is COCCn1c(CCNC(=O)Cc2ccccc2)nc2ccccc21. The number of aromatic nitrogens is 2. The molecule has 0 unspecified atom stereocenters. The summed E-state index contributed by atoms with van der Waals surface area (Å²) in [5, 5.41) is 2.98. The lowest BCUT2D eigenvalue weighted by molar-refractivity contribution is -0.120. The van der Waals surface area contributed by atoms with Crippen molar-refractivity contribution < 1.29 is 9.53 Å². The number of amides is 1. The molecule has 0 fully saturated rings. The van der Waals surface area contributed by atoms with E-state index in [4.69, 9.17) is 9.72 Å². The molecule has 0 atom stereocenters. The van der Waals surface area contributed by atoms with Crippen LogP contribution in [0.25, 0.3) is 11.0 Å². The van der Waals surface area contributed by atoms with Crippen LogP contribution in [0.4, 0.5) is 0 Å². The van der Waals surface area contributed by atoms with Gasteiger partial charge in [-0.1, -0.05) is 42.5 Å². The molecule has 5 heteroatoms. The molecule has 130 valence electrons. The van der Waals surface area contributed by atoms with Crippen molar-refractivity contribution in [3.8, 4) is 0 Å². The first-order valence-electron chi connectivity index (χ1n) is 8.51. The van der Waals surface area contributed by atoms with Crippen molar-refractivity contribution in [2.24, 2.45) is 0 Å². The molecule has 2 aromatic carbocycles. The van der Waals surface area contributed by atoms with Crippen LogP contribution in [0.3, 0.4) is 0 Å². The van der Waals surface area contributed by atoms with Gasteiger partial charge in [0.1, 0.15) is 5.82 Å². The van der Waals surface area contributed by atoms with E-state index in [2.05, 4.69) is 16.0 Å². The lowest BCUT2D eigenvalue weighted by Gasteiger charge is -2.09. The summed E-state index contributed by atoms with van der Waals surface area (Å²) in [4.78, 5) is 16.8. The van der Waals surface area contributed by atoms with Crippen molar-refractivity contribution >= 4 is 16.9 Å². The van der Waals surface area contributed by atoms with Gasteiger partial charge in [-0.25, -0.2) is 4.98 Å². The summed E-state index contributed by atoms with van der Waals surface area (Å²) in [5.74, 6) is 1.00. The van der Waals surface area contributed by atoms with Crippen LogP contribution < -0.4 is 5.32 Å². The van der Waals surface area contributed by atoms with Crippen LogP contribution in [0.15, 0.2) is 54.6 Å². The van der Waals surface area contributed by atoms with Gasteiger partial charge >= 0.3 is 0 Å². The number of carbonyl (C=O) groups excluding carboxylic acids is 1. The maximum atomic E-state index is 12.1. The molecule has 0 aliphatic heterocycles. The van der Waals surface area contributed by atoms with Crippen LogP contribution in [-0.2, 0) is 28.9 Å². The van der Waals surface area contributed by atoms with Crippen molar-refractivity contribution in [1.82, 2.24) is 14.9 Å². The predicted octanol–water partition coefficient (Wildman–Crippen LogP) is 2.58. The number of nitrogens with one attached hydrogen (secondary N) is 1. The van der Waals surface area contributed by atoms with Crippen molar-refractivity contribution in [3.05, 3.63) is 66.0 Å². The topological polar surface area (TPSA) is 56.1 Å². The largest absolute Gasteiger partial charge is 0.383 e. The van der Waals surface area contributed by atoms with E-state index in [0.29, 0.717) is 26.0 Å². The number of para-hydroxylation sites is 2. The number of imidazole rings is 1. The third-order valence-electron chi connectivity index (χ3n) is 4.13. The van der Waals surface area contributed by atoms with Crippen molar-refractivity contribution in [2.45, 2.75) is 19.4 Å². The zero-order valence-corrected chi connectivity index (χ0v) is 14.4. The molecule has 0 aliphatic rings. The summed E-state index contributed by atoms with van der Waals surface area (Å²) in [6.07, 6.45) is 1.10. The minimum Gasteiger partial charge on any atom is -0.383 e. The predicted molar refractivity (Wildman–Crippen MR) is 98.5 cm³/mol. The van der Waals surface area contributed by atoms with Gasteiger partial charge in [0, 0.05) is 26.6 Å². The summed E-state index contributed by atoms with van der Waals surface area (Å²) in [6, 6.07) is 17.8. The van der Waals surface area contributed by atoms with Gasteiger partial charge in [0.2, 0.25) is 5.91 Å². The van der Waals surface area contributed by atoms with E-state index in [1.54, 1.807) is 7.11 Å². The first-order chi connectivity index (χ1) is 12.3. The molecule has 25 heavy (non-hydrogen) atoms. The molecular weight excluding hydrogens is 314 g/mol. The summed E-state index contributed by atoms with van der Waals surface area (Å²) < 4.78 is 7.38. The number of hydrogen-bond acceptors (Lipinski definition) is 3. The van der Waals surface area contributed by atoms with E-state index in [9.17, 15) is 4.79 Å². The van der Waals surface area contributed by atoms with E-state index in [0.717, 1.165) is 29.0 Å². The molecule has 1 aromatic heterocycles. The molecule has 0 bridgehead atoms. The Hall–Kier alpha value is -2.66. The van der Waals surface area contributed by atoms with E-state index in [1.165, 1.54) is 0 Å². The highest BCUT2D eigenvalue weighted by Crippen LogP contribution is 2.16. The third-order valence-corrected chi connectivity index (χ3v) is 4.13. The van der Waals surface area contributed by atoms with Crippen LogP contribution in [0, 0.1) is 0 Å². The number of benzene rings is 2. The summed E-state index contributed by atoms with van der Waals surface area (Å²) in [6.45, 7) is 1.96. The zero-order valence-electron chi connectivity index (χ0n) is 14.4. The van der Waals surface area contributed by atoms with Crippen LogP contribution >= 0.6 is 0 Å². The normalized spacial score (nSPS) is 10.9. The molecule has 0 aliphatic carbocycles. The number of rotatable bonds is 8. The highest BCUT2D eigenvalue weighted by Gasteiger charge is 2.10. The number of hydrogen-bond donors (Lipinski definition) is 1. The summed E-state index contributed by atoms with van der Waals surface area (Å²) >= 11 is 0. The Kier molecular flexibility index (Phi) is 5.80. The molecule has 0 saturated heterocycles. The molecule has 0 radical (unpaired) electrons. The van der Waals surface area contributed by atoms with E-state index in [-0.39, 0.29) is 5.91 Å². The molecule has 0 saturated carbocycles. The van der Waals surface area contributed by atoms with Crippen molar-refractivity contribution in [3.63, 3.8) is 0 Å². The first-order valence-corrected chi connectivity index (χ1v) is 8.51. The van der Waals surface area contributed by atoms with Gasteiger partial charge in [-0.15, -0.1) is 0 Å². The van der Waals surface area contributed by atoms with E-state index in [1.807, 2.05) is 48.5 Å². The third kappa shape index (κ3) is 4.45. The number of ether oxygens (including phenoxy) is 1. The number of nitrogens with zero attached hydrogens (tertiary/aromatic N) is 2. The fraction of sp³-hybridized carbons (Fsp3) is 0.300. The average molecular weight is 337 g/mol. The Morgan fingerprint density at radius 3 is 2.68 bits per heavy atom. The Morgan fingerprint density at radius 2 is 1.88 bits per heavy atom. The van der Waals surface area contributed by atoms with Crippen LogP contribution in [0.5, 0.6) is 0 Å². The average Bonchev–Trinajstić information content (AvgIpc) is 2.98. The molecule has 1 heterocycles. The van der Waals surface area contributed by atoms with E-state index < -0.39 is 0 Å². The second-order valence-electron chi connectivity index (χ2n) is 5.92. The summed E-state index contributed by atoms with van der Waals surface area (Å²) in [5.41, 5.74) is 3.10. The van der Waals surface area contributed by atoms with Crippen LogP contribution in [0.2, 0.25) is 0 Å². The zero-order chi connectivity index (χ0) is 17.5. The highest BCUT2D eigenvalue weighted by atomic mass is 16.5. The molecule has 1 N–H and O–H groups in total. The Bertz CT molecular complexity index is 827. The fourth-order valence-electron chi connectivity index (χ4n) is 2.91. The number of methoxy groups -OCH3 is 1. The molecule has 3 rings (SSSR count). The van der Waals surface area contributed by atoms with Crippen LogP contribution in [-0.4, -0.2) is 35.7 Å².